The summed E-state index contributed by atoms with van der Waals surface area (Å²) in [6.45, 7) is 4.25. The monoisotopic (exact) mass is 456 g/mol. The Morgan fingerprint density at radius 3 is 2.24 bits per heavy atom. The summed E-state index contributed by atoms with van der Waals surface area (Å²) >= 11 is 0. The lowest BCUT2D eigenvalue weighted by atomic mass is 9.81. The zero-order chi connectivity index (χ0) is 24.4. The first kappa shape index (κ1) is 25.9. The van der Waals surface area contributed by atoms with Gasteiger partial charge in [0.2, 0.25) is 5.91 Å². The van der Waals surface area contributed by atoms with Crippen molar-refractivity contribution in [3.8, 4) is 5.75 Å². The molecule has 0 fully saturated rings. The van der Waals surface area contributed by atoms with Gasteiger partial charge < -0.3 is 25.6 Å². The first-order chi connectivity index (χ1) is 15.6. The van der Waals surface area contributed by atoms with Crippen molar-refractivity contribution < 1.29 is 29.3 Å². The quantitative estimate of drug-likeness (QED) is 0.362. The summed E-state index contributed by atoms with van der Waals surface area (Å²) in [7, 11) is 1.24. The molecule has 178 valence electrons. The molecule has 0 aliphatic heterocycles. The molecular formula is C25H32N2O6. The summed E-state index contributed by atoms with van der Waals surface area (Å²) in [6.07, 6.45) is 0.319. The van der Waals surface area contributed by atoms with Crippen LogP contribution < -0.4 is 10.6 Å². The van der Waals surface area contributed by atoms with Gasteiger partial charge >= 0.3 is 11.9 Å². The molecular weight excluding hydrogens is 424 g/mol. The number of carbonyl (C=O) groups is 3. The van der Waals surface area contributed by atoms with E-state index in [1.807, 2.05) is 56.3 Å². The van der Waals surface area contributed by atoms with Crippen LogP contribution in [0.2, 0.25) is 0 Å². The predicted molar refractivity (Wildman–Crippen MR) is 124 cm³/mol. The molecule has 2 rings (SSSR count). The van der Waals surface area contributed by atoms with E-state index in [1.165, 1.54) is 7.11 Å². The van der Waals surface area contributed by atoms with Crippen LogP contribution in [0.4, 0.5) is 0 Å². The predicted octanol–water partition coefficient (Wildman–Crippen LogP) is 2.39. The molecule has 0 aliphatic rings. The number of nitrogens with one attached hydrogen (secondary N) is 2. The van der Waals surface area contributed by atoms with Crippen molar-refractivity contribution in [3.05, 3.63) is 65.7 Å². The number of aromatic hydroxyl groups is 1. The molecule has 0 radical (unpaired) electrons. The van der Waals surface area contributed by atoms with E-state index in [-0.39, 0.29) is 12.2 Å². The van der Waals surface area contributed by atoms with E-state index < -0.39 is 41.8 Å². The maximum absolute atomic E-state index is 12.9. The van der Waals surface area contributed by atoms with Crippen molar-refractivity contribution in [2.75, 3.05) is 13.7 Å². The van der Waals surface area contributed by atoms with Crippen LogP contribution in [0.3, 0.4) is 0 Å². The van der Waals surface area contributed by atoms with Crippen molar-refractivity contribution in [2.45, 2.75) is 50.6 Å². The molecule has 2 aromatic carbocycles. The molecule has 0 bridgehead atoms. The lowest BCUT2D eigenvalue weighted by molar-refractivity contribution is -0.145. The molecule has 8 heteroatoms. The minimum Gasteiger partial charge on any atom is -0.508 e. The number of phenolic OH excluding ortho intramolecular Hbond substituents is 1. The Bertz CT molecular complexity index is 945. The second-order valence-corrected chi connectivity index (χ2v) is 8.53. The Kier molecular flexibility index (Phi) is 9.42. The fraction of sp³-hybridized carbons (Fsp3) is 0.400. The zero-order valence-corrected chi connectivity index (χ0v) is 19.2. The Morgan fingerprint density at radius 2 is 1.64 bits per heavy atom. The van der Waals surface area contributed by atoms with E-state index in [0.717, 1.165) is 11.1 Å². The van der Waals surface area contributed by atoms with Gasteiger partial charge in [-0.1, -0.05) is 62.4 Å². The Morgan fingerprint density at radius 1 is 1.00 bits per heavy atom. The Labute approximate surface area is 194 Å². The minimum absolute atomic E-state index is 0.184. The number of carboxylic acid groups (broad SMARTS) is 1. The number of para-hydroxylation sites is 1. The van der Waals surface area contributed by atoms with Gasteiger partial charge in [-0.15, -0.1) is 0 Å². The van der Waals surface area contributed by atoms with Crippen molar-refractivity contribution in [3.63, 3.8) is 0 Å². The summed E-state index contributed by atoms with van der Waals surface area (Å²) in [6, 6.07) is 14.2. The van der Waals surface area contributed by atoms with Crippen LogP contribution >= 0.6 is 0 Å². The van der Waals surface area contributed by atoms with Gasteiger partial charge in [-0.25, -0.2) is 4.79 Å². The molecule has 33 heavy (non-hydrogen) atoms. The van der Waals surface area contributed by atoms with Gasteiger partial charge in [0, 0.05) is 6.42 Å². The number of benzene rings is 2. The van der Waals surface area contributed by atoms with Gasteiger partial charge in [-0.3, -0.25) is 9.59 Å². The van der Waals surface area contributed by atoms with Gasteiger partial charge in [0.25, 0.3) is 0 Å². The molecule has 0 aliphatic carbocycles. The van der Waals surface area contributed by atoms with Gasteiger partial charge in [0.15, 0.2) is 0 Å². The molecule has 8 nitrogen and oxygen atoms in total. The molecule has 0 aromatic heterocycles. The van der Waals surface area contributed by atoms with E-state index in [0.29, 0.717) is 13.0 Å². The molecule has 4 N–H and O–H groups in total. The van der Waals surface area contributed by atoms with Crippen LogP contribution in [0.5, 0.6) is 5.75 Å². The summed E-state index contributed by atoms with van der Waals surface area (Å²) in [4.78, 5) is 36.5. The molecule has 0 unspecified atom stereocenters. The lowest BCUT2D eigenvalue weighted by Crippen LogP contribution is -2.52. The molecule has 2 atom stereocenters. The normalized spacial score (nSPS) is 13.1. The number of aliphatic carboxylic acids is 1. The first-order valence-corrected chi connectivity index (χ1v) is 10.8. The average molecular weight is 457 g/mol. The number of phenols is 1. The van der Waals surface area contributed by atoms with Crippen LogP contribution in [0.1, 0.15) is 37.8 Å². The molecule has 0 heterocycles. The number of amides is 1. The number of hydrogen-bond acceptors (Lipinski definition) is 6. The molecule has 0 spiro atoms. The maximum atomic E-state index is 12.9. The second-order valence-electron chi connectivity index (χ2n) is 8.53. The van der Waals surface area contributed by atoms with E-state index >= 15 is 0 Å². The second kappa shape index (κ2) is 12.0. The van der Waals surface area contributed by atoms with Crippen molar-refractivity contribution in [2.24, 2.45) is 0 Å². The number of esters is 1. The van der Waals surface area contributed by atoms with Crippen LogP contribution in [0, 0.1) is 0 Å². The third-order valence-electron chi connectivity index (χ3n) is 5.55. The topological polar surface area (TPSA) is 125 Å². The number of ether oxygens (including phenoxy) is 1. The highest BCUT2D eigenvalue weighted by Crippen LogP contribution is 2.33. The Hall–Kier alpha value is -3.39. The van der Waals surface area contributed by atoms with Crippen LogP contribution in [-0.4, -0.2) is 53.8 Å². The number of carboxylic acids is 1. The summed E-state index contributed by atoms with van der Waals surface area (Å²) in [5, 5.41) is 25.1. The Balaban J connectivity index is 2.06. The highest BCUT2D eigenvalue weighted by Gasteiger charge is 2.29. The van der Waals surface area contributed by atoms with Crippen molar-refractivity contribution in [1.82, 2.24) is 10.6 Å². The highest BCUT2D eigenvalue weighted by molar-refractivity contribution is 5.90. The third-order valence-corrected chi connectivity index (χ3v) is 5.55. The fourth-order valence-electron chi connectivity index (χ4n) is 3.63. The SMILES string of the molecule is COC(=O)[C@H](Cc1ccccc1)NC(=O)[C@@H](CC(=O)O)NCCC(C)(C)c1ccccc1O. The van der Waals surface area contributed by atoms with Gasteiger partial charge in [-0.2, -0.15) is 0 Å². The summed E-state index contributed by atoms with van der Waals surface area (Å²) in [5.74, 6) is -2.16. The average Bonchev–Trinajstić information content (AvgIpc) is 2.77. The van der Waals surface area contributed by atoms with E-state index in [9.17, 15) is 24.6 Å². The number of methoxy groups -OCH3 is 1. The number of carbonyl (C=O) groups excluding carboxylic acids is 2. The number of rotatable bonds is 12. The minimum atomic E-state index is -1.14. The first-order valence-electron chi connectivity index (χ1n) is 10.8. The van der Waals surface area contributed by atoms with Gasteiger partial charge in [0.05, 0.1) is 19.6 Å². The van der Waals surface area contributed by atoms with Gasteiger partial charge in [-0.05, 0) is 35.6 Å². The van der Waals surface area contributed by atoms with E-state index in [4.69, 9.17) is 4.74 Å². The van der Waals surface area contributed by atoms with Crippen molar-refractivity contribution >= 4 is 17.8 Å². The third kappa shape index (κ3) is 7.91. The lowest BCUT2D eigenvalue weighted by Gasteiger charge is -2.27. The molecule has 1 amide bonds. The smallest absolute Gasteiger partial charge is 0.328 e. The van der Waals surface area contributed by atoms with Crippen LogP contribution in [0.15, 0.2) is 54.6 Å². The highest BCUT2D eigenvalue weighted by atomic mass is 16.5. The van der Waals surface area contributed by atoms with Gasteiger partial charge in [0.1, 0.15) is 11.8 Å². The van der Waals surface area contributed by atoms with Crippen LogP contribution in [0.25, 0.3) is 0 Å². The number of hydrogen-bond donors (Lipinski definition) is 4. The standard InChI is InChI=1S/C25H32N2O6/c1-25(2,18-11-7-8-12-21(18)28)13-14-26-19(16-22(29)30)23(31)27-20(24(32)33-3)15-17-9-5-4-6-10-17/h4-12,19-20,26,28H,13-16H2,1-3H3,(H,27,31)(H,29,30)/t19-,20+/m1/s1. The van der Waals surface area contributed by atoms with Crippen LogP contribution in [-0.2, 0) is 31.0 Å². The van der Waals surface area contributed by atoms with E-state index in [2.05, 4.69) is 10.6 Å². The van der Waals surface area contributed by atoms with E-state index in [1.54, 1.807) is 12.1 Å². The molecule has 2 aromatic rings. The zero-order valence-electron chi connectivity index (χ0n) is 19.2. The maximum Gasteiger partial charge on any atom is 0.328 e. The molecule has 0 saturated heterocycles. The largest absolute Gasteiger partial charge is 0.508 e. The van der Waals surface area contributed by atoms with Crippen molar-refractivity contribution in [1.29, 1.82) is 0 Å². The fourth-order valence-corrected chi connectivity index (χ4v) is 3.63. The summed E-state index contributed by atoms with van der Waals surface area (Å²) in [5.41, 5.74) is 1.18. The molecule has 0 saturated carbocycles. The summed E-state index contributed by atoms with van der Waals surface area (Å²) < 4.78 is 4.82.